The van der Waals surface area contributed by atoms with Gasteiger partial charge in [0.1, 0.15) is 0 Å². The highest BCUT2D eigenvalue weighted by atomic mass is 32.1. The van der Waals surface area contributed by atoms with E-state index < -0.39 is 0 Å². The predicted molar refractivity (Wildman–Crippen MR) is 71.1 cm³/mol. The van der Waals surface area contributed by atoms with Crippen molar-refractivity contribution in [2.45, 2.75) is 6.42 Å². The van der Waals surface area contributed by atoms with Crippen LogP contribution in [-0.4, -0.2) is 16.7 Å². The molecule has 2 aromatic rings. The normalized spacial score (nSPS) is 11.1. The van der Waals surface area contributed by atoms with Gasteiger partial charge in [0.05, 0.1) is 5.69 Å². The highest BCUT2D eigenvalue weighted by Crippen LogP contribution is 2.18. The third kappa shape index (κ3) is 3.15. The average molecular weight is 247 g/mol. The zero-order valence-electron chi connectivity index (χ0n) is 9.22. The molecule has 2 rings (SSSR count). The largest absolute Gasteiger partial charge is 0.396 e. The number of thiazole rings is 1. The van der Waals surface area contributed by atoms with Crippen molar-refractivity contribution in [2.75, 3.05) is 6.61 Å². The maximum Gasteiger partial charge on any atom is 0.304 e. The summed E-state index contributed by atoms with van der Waals surface area (Å²) in [6, 6.07) is 7.91. The lowest BCUT2D eigenvalue weighted by atomic mass is 10.1. The maximum absolute atomic E-state index is 11.0. The average Bonchev–Trinajstić information content (AvgIpc) is 2.77. The molecule has 0 saturated heterocycles. The van der Waals surface area contributed by atoms with Crippen molar-refractivity contribution in [2.24, 2.45) is 0 Å². The number of hydrogen-bond donors (Lipinski definition) is 2. The van der Waals surface area contributed by atoms with Gasteiger partial charge in [0.25, 0.3) is 0 Å². The monoisotopic (exact) mass is 247 g/mol. The summed E-state index contributed by atoms with van der Waals surface area (Å²) < 4.78 is 0. The van der Waals surface area contributed by atoms with Crippen molar-refractivity contribution in [1.29, 1.82) is 0 Å². The molecular weight excluding hydrogens is 234 g/mol. The van der Waals surface area contributed by atoms with Crippen molar-refractivity contribution < 1.29 is 5.11 Å². The molecule has 1 heterocycles. The maximum atomic E-state index is 11.0. The number of aliphatic hydroxyl groups is 1. The van der Waals surface area contributed by atoms with Gasteiger partial charge in [0, 0.05) is 12.0 Å². The lowest BCUT2D eigenvalue weighted by molar-refractivity contribution is 0.303. The van der Waals surface area contributed by atoms with Crippen LogP contribution in [0.3, 0.4) is 0 Å². The van der Waals surface area contributed by atoms with E-state index in [1.54, 1.807) is 0 Å². The molecule has 3 nitrogen and oxygen atoms in total. The topological polar surface area (TPSA) is 53.1 Å². The molecule has 17 heavy (non-hydrogen) atoms. The van der Waals surface area contributed by atoms with Gasteiger partial charge in [-0.3, -0.25) is 4.79 Å². The van der Waals surface area contributed by atoms with Gasteiger partial charge in [-0.1, -0.05) is 47.8 Å². The van der Waals surface area contributed by atoms with Gasteiger partial charge in [0.2, 0.25) is 0 Å². The number of benzene rings is 1. The third-order valence-corrected chi connectivity index (χ3v) is 3.02. The van der Waals surface area contributed by atoms with Crippen LogP contribution in [0.1, 0.15) is 12.0 Å². The number of aromatic amines is 1. The minimum absolute atomic E-state index is 0.0353. The Kier molecular flexibility index (Phi) is 3.90. The highest BCUT2D eigenvalue weighted by molar-refractivity contribution is 7.07. The molecule has 88 valence electrons. The summed E-state index contributed by atoms with van der Waals surface area (Å²) >= 11 is 1.17. The van der Waals surface area contributed by atoms with Crippen LogP contribution in [0, 0.1) is 0 Å². The predicted octanol–water partition coefficient (Wildman–Crippen LogP) is 2.50. The van der Waals surface area contributed by atoms with Crippen molar-refractivity contribution in [3.05, 3.63) is 51.0 Å². The van der Waals surface area contributed by atoms with Gasteiger partial charge in [0.15, 0.2) is 0 Å². The minimum atomic E-state index is -0.0353. The molecule has 0 spiro atoms. The molecule has 4 heteroatoms. The van der Waals surface area contributed by atoms with E-state index in [0.717, 1.165) is 16.8 Å². The summed E-state index contributed by atoms with van der Waals surface area (Å²) in [6.07, 6.45) is 4.57. The molecule has 0 saturated carbocycles. The quantitative estimate of drug-likeness (QED) is 0.872. The smallest absolute Gasteiger partial charge is 0.304 e. The number of nitrogens with one attached hydrogen (secondary N) is 1. The van der Waals surface area contributed by atoms with E-state index >= 15 is 0 Å². The Morgan fingerprint density at radius 2 is 2.06 bits per heavy atom. The SMILES string of the molecule is O=c1[nH]c(-c2ccc(C=CCCO)cc2)cs1. The summed E-state index contributed by atoms with van der Waals surface area (Å²) in [5.74, 6) is 0. The van der Waals surface area contributed by atoms with E-state index in [0.29, 0.717) is 6.42 Å². The first kappa shape index (κ1) is 11.8. The van der Waals surface area contributed by atoms with E-state index in [1.807, 2.05) is 41.8 Å². The molecule has 1 aromatic heterocycles. The van der Waals surface area contributed by atoms with E-state index in [4.69, 9.17) is 5.11 Å². The van der Waals surface area contributed by atoms with Crippen molar-refractivity contribution in [3.63, 3.8) is 0 Å². The fourth-order valence-electron chi connectivity index (χ4n) is 1.49. The summed E-state index contributed by atoms with van der Waals surface area (Å²) in [4.78, 5) is 13.8. The summed E-state index contributed by atoms with van der Waals surface area (Å²) in [6.45, 7) is 0.171. The van der Waals surface area contributed by atoms with E-state index in [-0.39, 0.29) is 11.5 Å². The van der Waals surface area contributed by atoms with Crippen LogP contribution in [0.2, 0.25) is 0 Å². The van der Waals surface area contributed by atoms with Gasteiger partial charge in [-0.05, 0) is 17.5 Å². The van der Waals surface area contributed by atoms with Gasteiger partial charge < -0.3 is 10.1 Å². The van der Waals surface area contributed by atoms with Crippen LogP contribution in [0.15, 0.2) is 40.5 Å². The highest BCUT2D eigenvalue weighted by Gasteiger charge is 1.99. The Balaban J connectivity index is 2.15. The third-order valence-electron chi connectivity index (χ3n) is 2.35. The Bertz CT molecular complexity index is 551. The Hall–Kier alpha value is -1.65. The molecular formula is C13H13NO2S. The zero-order valence-corrected chi connectivity index (χ0v) is 10.0. The molecule has 0 aliphatic carbocycles. The number of H-pyrrole nitrogens is 1. The van der Waals surface area contributed by atoms with E-state index in [9.17, 15) is 4.79 Å². The first-order valence-corrected chi connectivity index (χ1v) is 6.23. The first-order chi connectivity index (χ1) is 8.29. The van der Waals surface area contributed by atoms with E-state index in [1.165, 1.54) is 11.3 Å². The second-order valence-corrected chi connectivity index (χ2v) is 4.44. The summed E-state index contributed by atoms with van der Waals surface area (Å²) in [5.41, 5.74) is 2.94. The Morgan fingerprint density at radius 3 is 2.65 bits per heavy atom. The summed E-state index contributed by atoms with van der Waals surface area (Å²) in [7, 11) is 0. The van der Waals surface area contributed by atoms with E-state index in [2.05, 4.69) is 4.98 Å². The molecule has 0 bridgehead atoms. The van der Waals surface area contributed by atoms with Gasteiger partial charge in [-0.2, -0.15) is 0 Å². The molecule has 0 unspecified atom stereocenters. The van der Waals surface area contributed by atoms with Gasteiger partial charge >= 0.3 is 4.87 Å². The van der Waals surface area contributed by atoms with Crippen molar-refractivity contribution in [1.82, 2.24) is 4.98 Å². The van der Waals surface area contributed by atoms with Crippen molar-refractivity contribution in [3.8, 4) is 11.3 Å². The Labute approximate surface area is 103 Å². The number of aliphatic hydroxyl groups excluding tert-OH is 1. The molecule has 2 N–H and O–H groups in total. The van der Waals surface area contributed by atoms with Gasteiger partial charge in [-0.25, -0.2) is 0 Å². The molecule has 0 aliphatic rings. The standard InChI is InChI=1S/C13H13NO2S/c15-8-2-1-3-10-4-6-11(7-5-10)12-9-17-13(16)14-12/h1,3-7,9,15H,2,8H2,(H,14,16). The molecule has 0 radical (unpaired) electrons. The fourth-order valence-corrected chi connectivity index (χ4v) is 2.08. The molecule has 1 aromatic carbocycles. The number of rotatable bonds is 4. The van der Waals surface area contributed by atoms with Crippen LogP contribution in [0.25, 0.3) is 17.3 Å². The number of hydrogen-bond acceptors (Lipinski definition) is 3. The molecule has 0 amide bonds. The lowest BCUT2D eigenvalue weighted by Gasteiger charge is -1.98. The van der Waals surface area contributed by atoms with Crippen LogP contribution >= 0.6 is 11.3 Å². The molecule has 0 fully saturated rings. The molecule has 0 aliphatic heterocycles. The fraction of sp³-hybridized carbons (Fsp3) is 0.154. The second kappa shape index (κ2) is 5.61. The first-order valence-electron chi connectivity index (χ1n) is 5.35. The molecule has 0 atom stereocenters. The summed E-state index contributed by atoms with van der Waals surface area (Å²) in [5, 5.41) is 10.5. The van der Waals surface area contributed by atoms with Crippen LogP contribution < -0.4 is 4.87 Å². The Morgan fingerprint density at radius 1 is 1.29 bits per heavy atom. The van der Waals surface area contributed by atoms with Crippen LogP contribution in [-0.2, 0) is 0 Å². The van der Waals surface area contributed by atoms with Crippen molar-refractivity contribution >= 4 is 17.4 Å². The van der Waals surface area contributed by atoms with Crippen LogP contribution in [0.5, 0.6) is 0 Å². The second-order valence-electron chi connectivity index (χ2n) is 3.60. The number of aromatic nitrogens is 1. The van der Waals surface area contributed by atoms with Gasteiger partial charge in [-0.15, -0.1) is 0 Å². The minimum Gasteiger partial charge on any atom is -0.396 e. The van der Waals surface area contributed by atoms with Crippen LogP contribution in [0.4, 0.5) is 0 Å². The lowest BCUT2D eigenvalue weighted by Crippen LogP contribution is -1.92. The zero-order chi connectivity index (χ0) is 12.1.